The number of rotatable bonds is 8. The summed E-state index contributed by atoms with van der Waals surface area (Å²) in [6.45, 7) is 3.90. The first-order chi connectivity index (χ1) is 11.3. The van der Waals surface area contributed by atoms with Gasteiger partial charge in [-0.1, -0.05) is 43.0 Å². The Bertz CT molecular complexity index is 596. The van der Waals surface area contributed by atoms with E-state index < -0.39 is 0 Å². The van der Waals surface area contributed by atoms with Crippen molar-refractivity contribution in [2.45, 2.75) is 30.6 Å². The molecule has 4 nitrogen and oxygen atoms in total. The molecular weight excluding hydrogens is 324 g/mol. The number of benzene rings is 1. The number of nitrogens with one attached hydrogen (secondary N) is 2. The third kappa shape index (κ3) is 6.23. The van der Waals surface area contributed by atoms with Gasteiger partial charge in [-0.2, -0.15) is 0 Å². The standard InChI is InChI=1S/C17H24N4S2/c1-3-14-7-4-5-8-15(14)13-21-16(18-2)19-9-6-11-22-17-20-10-12-23-17/h4-5,7-8,10,12H,3,6,9,11,13H2,1-2H3,(H2,18,19,21). The van der Waals surface area contributed by atoms with Crippen molar-refractivity contribution < 1.29 is 0 Å². The molecule has 0 unspecified atom stereocenters. The lowest BCUT2D eigenvalue weighted by atomic mass is 10.1. The van der Waals surface area contributed by atoms with Crippen LogP contribution in [0.2, 0.25) is 0 Å². The highest BCUT2D eigenvalue weighted by Crippen LogP contribution is 2.20. The van der Waals surface area contributed by atoms with Gasteiger partial charge in [0, 0.05) is 37.5 Å². The summed E-state index contributed by atoms with van der Waals surface area (Å²) in [6, 6.07) is 8.53. The van der Waals surface area contributed by atoms with Crippen molar-refractivity contribution in [2.24, 2.45) is 4.99 Å². The van der Waals surface area contributed by atoms with E-state index in [0.717, 1.165) is 42.0 Å². The van der Waals surface area contributed by atoms with Crippen LogP contribution >= 0.6 is 23.1 Å². The van der Waals surface area contributed by atoms with Crippen LogP contribution in [0.3, 0.4) is 0 Å². The van der Waals surface area contributed by atoms with E-state index in [2.05, 4.69) is 51.8 Å². The van der Waals surface area contributed by atoms with E-state index in [9.17, 15) is 0 Å². The van der Waals surface area contributed by atoms with Crippen molar-refractivity contribution >= 4 is 29.1 Å². The first-order valence-electron chi connectivity index (χ1n) is 7.87. The number of hydrogen-bond donors (Lipinski definition) is 2. The Morgan fingerprint density at radius 3 is 2.78 bits per heavy atom. The van der Waals surface area contributed by atoms with Crippen LogP contribution in [0, 0.1) is 0 Å². The van der Waals surface area contributed by atoms with Crippen LogP contribution in [0.25, 0.3) is 0 Å². The van der Waals surface area contributed by atoms with E-state index in [-0.39, 0.29) is 0 Å². The fraction of sp³-hybridized carbons (Fsp3) is 0.412. The number of thioether (sulfide) groups is 1. The van der Waals surface area contributed by atoms with Gasteiger partial charge in [-0.25, -0.2) is 4.98 Å². The fourth-order valence-corrected chi connectivity index (χ4v) is 3.84. The van der Waals surface area contributed by atoms with E-state index in [1.165, 1.54) is 11.1 Å². The molecule has 0 aliphatic heterocycles. The molecule has 23 heavy (non-hydrogen) atoms. The normalized spacial score (nSPS) is 11.5. The summed E-state index contributed by atoms with van der Waals surface area (Å²) in [6.07, 6.45) is 3.99. The molecule has 0 atom stereocenters. The lowest BCUT2D eigenvalue weighted by Gasteiger charge is -2.13. The molecule has 0 radical (unpaired) electrons. The second-order valence-electron chi connectivity index (χ2n) is 4.97. The highest BCUT2D eigenvalue weighted by molar-refractivity contribution is 8.00. The van der Waals surface area contributed by atoms with Gasteiger partial charge in [0.2, 0.25) is 0 Å². The van der Waals surface area contributed by atoms with Gasteiger partial charge >= 0.3 is 0 Å². The van der Waals surface area contributed by atoms with Crippen LogP contribution in [0.15, 0.2) is 45.2 Å². The lowest BCUT2D eigenvalue weighted by Crippen LogP contribution is -2.37. The zero-order valence-electron chi connectivity index (χ0n) is 13.7. The molecule has 0 aliphatic carbocycles. The van der Waals surface area contributed by atoms with E-state index in [4.69, 9.17) is 0 Å². The zero-order chi connectivity index (χ0) is 16.3. The Balaban J connectivity index is 1.67. The van der Waals surface area contributed by atoms with Crippen LogP contribution in [0.1, 0.15) is 24.5 Å². The largest absolute Gasteiger partial charge is 0.356 e. The van der Waals surface area contributed by atoms with Crippen LogP contribution < -0.4 is 10.6 Å². The highest BCUT2D eigenvalue weighted by atomic mass is 32.2. The van der Waals surface area contributed by atoms with Crippen LogP contribution in [0.5, 0.6) is 0 Å². The zero-order valence-corrected chi connectivity index (χ0v) is 15.3. The molecule has 124 valence electrons. The minimum atomic E-state index is 0.803. The molecule has 1 heterocycles. The molecule has 6 heteroatoms. The summed E-state index contributed by atoms with van der Waals surface area (Å²) in [5.41, 5.74) is 2.72. The first-order valence-corrected chi connectivity index (χ1v) is 9.73. The molecule has 2 aromatic rings. The Kier molecular flexibility index (Phi) is 7.97. The minimum Gasteiger partial charge on any atom is -0.356 e. The molecule has 1 aromatic heterocycles. The van der Waals surface area contributed by atoms with E-state index in [1.54, 1.807) is 11.3 Å². The lowest BCUT2D eigenvalue weighted by molar-refractivity contribution is 0.781. The quantitative estimate of drug-likeness (QED) is 0.331. The Labute approximate surface area is 146 Å². The summed E-state index contributed by atoms with van der Waals surface area (Å²) < 4.78 is 1.14. The fourth-order valence-electron chi connectivity index (χ4n) is 2.19. The van der Waals surface area contributed by atoms with Gasteiger partial charge in [0.25, 0.3) is 0 Å². The van der Waals surface area contributed by atoms with Crippen LogP contribution in [-0.4, -0.2) is 30.3 Å². The molecular formula is C17H24N4S2. The maximum Gasteiger partial charge on any atom is 0.191 e. The monoisotopic (exact) mass is 348 g/mol. The van der Waals surface area contributed by atoms with Gasteiger partial charge in [0.15, 0.2) is 5.96 Å². The van der Waals surface area contributed by atoms with Crippen molar-refractivity contribution in [1.82, 2.24) is 15.6 Å². The van der Waals surface area contributed by atoms with E-state index in [0.29, 0.717) is 0 Å². The van der Waals surface area contributed by atoms with E-state index >= 15 is 0 Å². The van der Waals surface area contributed by atoms with Gasteiger partial charge < -0.3 is 10.6 Å². The average Bonchev–Trinajstić information content (AvgIpc) is 3.11. The van der Waals surface area contributed by atoms with Gasteiger partial charge in [0.05, 0.1) is 0 Å². The maximum absolute atomic E-state index is 4.28. The maximum atomic E-state index is 4.28. The third-order valence-electron chi connectivity index (χ3n) is 3.42. The summed E-state index contributed by atoms with van der Waals surface area (Å²) >= 11 is 3.50. The second-order valence-corrected chi connectivity index (χ2v) is 7.21. The van der Waals surface area contributed by atoms with Gasteiger partial charge in [-0.3, -0.25) is 4.99 Å². The SMILES string of the molecule is CCc1ccccc1CNC(=NC)NCCCSc1nccs1. The first kappa shape index (κ1) is 17.8. The average molecular weight is 349 g/mol. The molecule has 1 aromatic carbocycles. The van der Waals surface area contributed by atoms with Crippen molar-refractivity contribution in [3.8, 4) is 0 Å². The Morgan fingerprint density at radius 1 is 1.26 bits per heavy atom. The molecule has 2 N–H and O–H groups in total. The number of thiazole rings is 1. The topological polar surface area (TPSA) is 49.3 Å². The van der Waals surface area contributed by atoms with Gasteiger partial charge in [-0.05, 0) is 24.0 Å². The molecule has 0 saturated heterocycles. The predicted molar refractivity (Wildman–Crippen MR) is 101 cm³/mol. The molecule has 0 spiro atoms. The molecule has 0 saturated carbocycles. The summed E-state index contributed by atoms with van der Waals surface area (Å²) in [5, 5.41) is 8.77. The highest BCUT2D eigenvalue weighted by Gasteiger charge is 2.02. The van der Waals surface area contributed by atoms with Crippen molar-refractivity contribution in [1.29, 1.82) is 0 Å². The Morgan fingerprint density at radius 2 is 2.09 bits per heavy atom. The van der Waals surface area contributed by atoms with Crippen LogP contribution in [0.4, 0.5) is 0 Å². The van der Waals surface area contributed by atoms with Crippen LogP contribution in [-0.2, 0) is 13.0 Å². The third-order valence-corrected chi connectivity index (χ3v) is 5.47. The molecule has 0 amide bonds. The van der Waals surface area contributed by atoms with Crippen molar-refractivity contribution in [3.63, 3.8) is 0 Å². The summed E-state index contributed by atoms with van der Waals surface area (Å²) in [7, 11) is 1.81. The predicted octanol–water partition coefficient (Wildman–Crippen LogP) is 3.55. The van der Waals surface area contributed by atoms with Gasteiger partial charge in [0.1, 0.15) is 4.34 Å². The molecule has 0 aliphatic rings. The van der Waals surface area contributed by atoms with Gasteiger partial charge in [-0.15, -0.1) is 11.3 Å². The number of aromatic nitrogens is 1. The van der Waals surface area contributed by atoms with Crippen molar-refractivity contribution in [2.75, 3.05) is 19.3 Å². The number of guanidine groups is 1. The molecule has 0 bridgehead atoms. The second kappa shape index (κ2) is 10.3. The Hall–Kier alpha value is -1.53. The number of aryl methyl sites for hydroxylation is 1. The summed E-state index contributed by atoms with van der Waals surface area (Å²) in [5.74, 6) is 1.92. The van der Waals surface area contributed by atoms with Crippen molar-refractivity contribution in [3.05, 3.63) is 47.0 Å². The minimum absolute atomic E-state index is 0.803. The molecule has 2 rings (SSSR count). The smallest absolute Gasteiger partial charge is 0.191 e. The number of hydrogen-bond acceptors (Lipinski definition) is 4. The number of aliphatic imine (C=N–C) groups is 1. The molecule has 0 fully saturated rings. The number of nitrogens with zero attached hydrogens (tertiary/aromatic N) is 2. The summed E-state index contributed by atoms with van der Waals surface area (Å²) in [4.78, 5) is 8.55. The van der Waals surface area contributed by atoms with E-state index in [1.807, 2.05) is 30.4 Å².